The number of aliphatic hydroxyl groups is 1. The molecule has 2 amide bonds. The molecule has 2 fully saturated rings. The molecule has 0 aromatic heterocycles. The van der Waals surface area contributed by atoms with Crippen LogP contribution in [0.4, 0.5) is 14.9 Å². The molecular weight excluding hydrogens is 331 g/mol. The molecule has 1 aliphatic heterocycles. The third-order valence-corrected chi connectivity index (χ3v) is 5.75. The monoisotopic (exact) mass is 354 g/mol. The normalized spacial score (nSPS) is 27.4. The molecule has 2 aliphatic rings. The summed E-state index contributed by atoms with van der Waals surface area (Å²) in [6, 6.07) is 13.8. The van der Waals surface area contributed by atoms with E-state index in [0.717, 1.165) is 16.8 Å². The Kier molecular flexibility index (Phi) is 4.19. The van der Waals surface area contributed by atoms with Crippen LogP contribution >= 0.6 is 0 Å². The summed E-state index contributed by atoms with van der Waals surface area (Å²) in [4.78, 5) is 14.3. The first kappa shape index (κ1) is 17.0. The number of nitrogens with zero attached hydrogens (tertiary/aromatic N) is 1. The van der Waals surface area contributed by atoms with Gasteiger partial charge in [-0.3, -0.25) is 0 Å². The minimum atomic E-state index is -0.914. The van der Waals surface area contributed by atoms with Crippen LogP contribution in [0.1, 0.15) is 24.0 Å². The largest absolute Gasteiger partial charge is 0.385 e. The van der Waals surface area contributed by atoms with Gasteiger partial charge in [0.05, 0.1) is 5.60 Å². The zero-order valence-electron chi connectivity index (χ0n) is 14.8. The molecule has 2 N–H and O–H groups in total. The summed E-state index contributed by atoms with van der Waals surface area (Å²) in [6.07, 6.45) is 1.22. The molecule has 0 bridgehead atoms. The highest BCUT2D eigenvalue weighted by Crippen LogP contribution is 2.49. The quantitative estimate of drug-likeness (QED) is 0.859. The van der Waals surface area contributed by atoms with Crippen molar-refractivity contribution in [2.24, 2.45) is 11.8 Å². The smallest absolute Gasteiger partial charge is 0.321 e. The van der Waals surface area contributed by atoms with E-state index in [4.69, 9.17) is 0 Å². The summed E-state index contributed by atoms with van der Waals surface area (Å²) in [5.41, 5.74) is 1.80. The van der Waals surface area contributed by atoms with Crippen LogP contribution in [0.3, 0.4) is 0 Å². The van der Waals surface area contributed by atoms with E-state index in [-0.39, 0.29) is 23.7 Å². The molecule has 1 heterocycles. The van der Waals surface area contributed by atoms with Gasteiger partial charge in [0.2, 0.25) is 0 Å². The zero-order valence-corrected chi connectivity index (χ0v) is 14.8. The maximum Gasteiger partial charge on any atom is 0.321 e. The van der Waals surface area contributed by atoms with Gasteiger partial charge in [0.25, 0.3) is 0 Å². The van der Waals surface area contributed by atoms with Crippen LogP contribution in [-0.2, 0) is 5.60 Å². The van der Waals surface area contributed by atoms with Crippen molar-refractivity contribution in [3.8, 4) is 0 Å². The van der Waals surface area contributed by atoms with Crippen molar-refractivity contribution in [1.29, 1.82) is 0 Å². The number of nitrogens with one attached hydrogen (secondary N) is 1. The van der Waals surface area contributed by atoms with Gasteiger partial charge in [-0.1, -0.05) is 29.8 Å². The number of anilines is 1. The highest BCUT2D eigenvalue weighted by molar-refractivity contribution is 5.89. The van der Waals surface area contributed by atoms with E-state index in [9.17, 15) is 14.3 Å². The van der Waals surface area contributed by atoms with E-state index in [1.165, 1.54) is 12.1 Å². The van der Waals surface area contributed by atoms with Crippen molar-refractivity contribution in [2.75, 3.05) is 18.4 Å². The van der Waals surface area contributed by atoms with Crippen molar-refractivity contribution in [2.45, 2.75) is 25.4 Å². The molecule has 2 aromatic carbocycles. The van der Waals surface area contributed by atoms with E-state index >= 15 is 0 Å². The lowest BCUT2D eigenvalue weighted by Gasteiger charge is -2.26. The number of rotatable bonds is 2. The number of fused-ring (bicyclic) bond motifs is 1. The Labute approximate surface area is 152 Å². The second kappa shape index (κ2) is 6.40. The predicted octanol–water partition coefficient (Wildman–Crippen LogP) is 3.90. The molecule has 1 aliphatic carbocycles. The fraction of sp³-hybridized carbons (Fsp3) is 0.381. The third kappa shape index (κ3) is 3.19. The molecule has 5 heteroatoms. The predicted molar refractivity (Wildman–Crippen MR) is 98.3 cm³/mol. The van der Waals surface area contributed by atoms with Crippen molar-refractivity contribution >= 4 is 11.7 Å². The Balaban J connectivity index is 1.39. The molecule has 1 saturated heterocycles. The van der Waals surface area contributed by atoms with E-state index in [2.05, 4.69) is 5.32 Å². The molecular formula is C21H23FN2O2. The summed E-state index contributed by atoms with van der Waals surface area (Å²) in [5, 5.41) is 13.9. The molecule has 1 saturated carbocycles. The Morgan fingerprint density at radius 1 is 1.08 bits per heavy atom. The molecule has 4 nitrogen and oxygen atoms in total. The van der Waals surface area contributed by atoms with Gasteiger partial charge in [0.15, 0.2) is 0 Å². The van der Waals surface area contributed by atoms with Gasteiger partial charge in [-0.15, -0.1) is 0 Å². The molecule has 2 aromatic rings. The van der Waals surface area contributed by atoms with Crippen LogP contribution in [0.2, 0.25) is 0 Å². The van der Waals surface area contributed by atoms with Crippen LogP contribution in [-0.4, -0.2) is 29.1 Å². The van der Waals surface area contributed by atoms with E-state index in [1.54, 1.807) is 12.1 Å². The summed E-state index contributed by atoms with van der Waals surface area (Å²) < 4.78 is 13.1. The summed E-state index contributed by atoms with van der Waals surface area (Å²) >= 11 is 0. The molecule has 26 heavy (non-hydrogen) atoms. The van der Waals surface area contributed by atoms with Crippen molar-refractivity contribution < 1.29 is 14.3 Å². The fourth-order valence-corrected chi connectivity index (χ4v) is 4.35. The second-order valence-corrected chi connectivity index (χ2v) is 7.67. The highest BCUT2D eigenvalue weighted by atomic mass is 19.1. The minimum absolute atomic E-state index is 0.0893. The van der Waals surface area contributed by atoms with Gasteiger partial charge in [0, 0.05) is 18.8 Å². The second-order valence-electron chi connectivity index (χ2n) is 7.67. The number of benzene rings is 2. The maximum atomic E-state index is 13.1. The number of carbonyl (C=O) groups excluding carboxylic acids is 1. The molecule has 3 atom stereocenters. The van der Waals surface area contributed by atoms with Gasteiger partial charge in [-0.05, 0) is 61.4 Å². The summed E-state index contributed by atoms with van der Waals surface area (Å²) in [6.45, 7) is 3.30. The van der Waals surface area contributed by atoms with Gasteiger partial charge in [0.1, 0.15) is 5.82 Å². The molecule has 136 valence electrons. The first-order valence-electron chi connectivity index (χ1n) is 9.04. The van der Waals surface area contributed by atoms with Crippen LogP contribution in [0.25, 0.3) is 0 Å². The summed E-state index contributed by atoms with van der Waals surface area (Å²) in [7, 11) is 0. The van der Waals surface area contributed by atoms with Crippen molar-refractivity contribution in [3.05, 3.63) is 65.5 Å². The minimum Gasteiger partial charge on any atom is -0.385 e. The van der Waals surface area contributed by atoms with Crippen LogP contribution < -0.4 is 5.32 Å². The van der Waals surface area contributed by atoms with E-state index in [1.807, 2.05) is 36.1 Å². The van der Waals surface area contributed by atoms with Crippen molar-refractivity contribution in [3.63, 3.8) is 0 Å². The average Bonchev–Trinajstić information content (AvgIpc) is 3.13. The lowest BCUT2D eigenvalue weighted by Crippen LogP contribution is -2.35. The standard InChI is InChI=1S/C21H23FN2O2/c1-14-2-8-19(9-3-14)23-20(25)24-12-15-10-21(26,11-16(15)13-24)17-4-6-18(22)7-5-17/h2-9,15-16,26H,10-13H2,1H3,(H,23,25)/t15-,16+,21?. The number of carbonyl (C=O) groups is 1. The fourth-order valence-electron chi connectivity index (χ4n) is 4.35. The molecule has 1 unspecified atom stereocenters. The number of likely N-dealkylation sites (tertiary alicyclic amines) is 1. The number of halogens is 1. The summed E-state index contributed by atoms with van der Waals surface area (Å²) in [5.74, 6) is 0.247. The van der Waals surface area contributed by atoms with E-state index < -0.39 is 5.60 Å². The highest BCUT2D eigenvalue weighted by Gasteiger charge is 2.49. The Morgan fingerprint density at radius 3 is 2.23 bits per heavy atom. The Bertz CT molecular complexity index is 790. The Morgan fingerprint density at radius 2 is 1.65 bits per heavy atom. The Hall–Kier alpha value is -2.40. The maximum absolute atomic E-state index is 13.1. The lowest BCUT2D eigenvalue weighted by molar-refractivity contribution is 0.0328. The van der Waals surface area contributed by atoms with Crippen molar-refractivity contribution in [1.82, 2.24) is 4.90 Å². The zero-order chi connectivity index (χ0) is 18.3. The number of amides is 2. The SMILES string of the molecule is Cc1ccc(NC(=O)N2C[C@@H]3CC(O)(c4ccc(F)cc4)C[C@@H]3C2)cc1. The van der Waals surface area contributed by atoms with Gasteiger partial charge in [-0.25, -0.2) is 9.18 Å². The lowest BCUT2D eigenvalue weighted by atomic mass is 9.90. The first-order valence-corrected chi connectivity index (χ1v) is 9.04. The molecule has 4 rings (SSSR count). The van der Waals surface area contributed by atoms with Crippen LogP contribution in [0.15, 0.2) is 48.5 Å². The van der Waals surface area contributed by atoms with Gasteiger partial charge >= 0.3 is 6.03 Å². The third-order valence-electron chi connectivity index (χ3n) is 5.75. The van der Waals surface area contributed by atoms with Crippen LogP contribution in [0, 0.1) is 24.6 Å². The molecule has 0 spiro atoms. The first-order chi connectivity index (χ1) is 12.4. The number of hydrogen-bond acceptors (Lipinski definition) is 2. The topological polar surface area (TPSA) is 52.6 Å². The number of urea groups is 1. The number of aryl methyl sites for hydroxylation is 1. The van der Waals surface area contributed by atoms with Gasteiger partial charge in [-0.2, -0.15) is 0 Å². The van der Waals surface area contributed by atoms with Gasteiger partial charge < -0.3 is 15.3 Å². The van der Waals surface area contributed by atoms with Crippen LogP contribution in [0.5, 0.6) is 0 Å². The number of hydrogen-bond donors (Lipinski definition) is 2. The van der Waals surface area contributed by atoms with E-state index in [0.29, 0.717) is 25.9 Å². The molecule has 0 radical (unpaired) electrons. The average molecular weight is 354 g/mol.